The number of rotatable bonds is 4. The summed E-state index contributed by atoms with van der Waals surface area (Å²) in [7, 11) is 1.60. The number of ether oxygens (including phenoxy) is 2. The van der Waals surface area contributed by atoms with Crippen molar-refractivity contribution in [1.82, 2.24) is 15.1 Å². The number of nitrogens with zero attached hydrogens (tertiary/aromatic N) is 2. The zero-order valence-electron chi connectivity index (χ0n) is 15.1. The molecule has 0 saturated heterocycles. The summed E-state index contributed by atoms with van der Waals surface area (Å²) in [5, 5.41) is 17.6. The van der Waals surface area contributed by atoms with Crippen LogP contribution in [0.15, 0.2) is 24.5 Å². The summed E-state index contributed by atoms with van der Waals surface area (Å²) in [5.41, 5.74) is 0.0621. The maximum Gasteiger partial charge on any atom is 0.261 e. The van der Waals surface area contributed by atoms with Gasteiger partial charge in [-0.05, 0) is 25.3 Å². The summed E-state index contributed by atoms with van der Waals surface area (Å²) < 4.78 is 26.5. The smallest absolute Gasteiger partial charge is 0.261 e. The molecule has 148 valence electrons. The van der Waals surface area contributed by atoms with Crippen molar-refractivity contribution in [3.8, 4) is 11.5 Å². The van der Waals surface area contributed by atoms with Crippen LogP contribution in [0.5, 0.6) is 11.5 Å². The largest absolute Gasteiger partial charge is 0.493 e. The number of methoxy groups -OCH3 is 1. The molecule has 3 saturated carbocycles. The highest BCUT2D eigenvalue weighted by Crippen LogP contribution is 2.65. The van der Waals surface area contributed by atoms with Gasteiger partial charge in [-0.1, -0.05) is 11.6 Å². The van der Waals surface area contributed by atoms with Crippen molar-refractivity contribution in [3.05, 3.63) is 40.9 Å². The van der Waals surface area contributed by atoms with E-state index >= 15 is 0 Å². The molecule has 2 aromatic rings. The van der Waals surface area contributed by atoms with Crippen molar-refractivity contribution in [2.75, 3.05) is 7.11 Å². The molecule has 0 unspecified atom stereocenters. The predicted octanol–water partition coefficient (Wildman–Crippen LogP) is 2.32. The SMILES string of the molecule is COc1cnn(C23CC(NC(=O)[C@@H]4C[C@@H](O)c5cc(Cl)c(F)cc5O4)(C2)C3)c1. The molecular weight excluding hydrogens is 389 g/mol. The first-order chi connectivity index (χ1) is 13.3. The molecule has 1 aliphatic heterocycles. The lowest BCUT2D eigenvalue weighted by atomic mass is 9.44. The van der Waals surface area contributed by atoms with Crippen LogP contribution in [0.25, 0.3) is 0 Å². The highest BCUT2D eigenvalue weighted by Gasteiger charge is 2.70. The van der Waals surface area contributed by atoms with Gasteiger partial charge >= 0.3 is 0 Å². The second-order valence-corrected chi connectivity index (χ2v) is 8.42. The van der Waals surface area contributed by atoms with Gasteiger partial charge in [-0.3, -0.25) is 9.48 Å². The van der Waals surface area contributed by atoms with E-state index in [-0.39, 0.29) is 34.2 Å². The van der Waals surface area contributed by atoms with Gasteiger partial charge in [-0.25, -0.2) is 4.39 Å². The number of aromatic nitrogens is 2. The van der Waals surface area contributed by atoms with E-state index in [0.717, 1.165) is 25.3 Å². The fourth-order valence-corrected chi connectivity index (χ4v) is 4.89. The van der Waals surface area contributed by atoms with E-state index in [1.54, 1.807) is 13.3 Å². The van der Waals surface area contributed by atoms with Gasteiger partial charge in [0.05, 0.1) is 36.2 Å². The topological polar surface area (TPSA) is 85.6 Å². The van der Waals surface area contributed by atoms with Crippen LogP contribution in [-0.4, -0.2) is 39.5 Å². The molecule has 1 aromatic carbocycles. The number of fused-ring (bicyclic) bond motifs is 1. The zero-order chi connectivity index (χ0) is 19.7. The first kappa shape index (κ1) is 17.8. The average Bonchev–Trinajstić information content (AvgIpc) is 3.07. The summed E-state index contributed by atoms with van der Waals surface area (Å²) in [6.07, 6.45) is 4.17. The number of amides is 1. The van der Waals surface area contributed by atoms with E-state index in [4.69, 9.17) is 21.1 Å². The van der Waals surface area contributed by atoms with Crippen molar-refractivity contribution in [2.45, 2.75) is 49.0 Å². The van der Waals surface area contributed by atoms with Gasteiger partial charge in [0.2, 0.25) is 0 Å². The molecule has 9 heteroatoms. The van der Waals surface area contributed by atoms with Crippen LogP contribution in [0.3, 0.4) is 0 Å². The lowest BCUT2D eigenvalue weighted by Crippen LogP contribution is -2.79. The Balaban J connectivity index is 1.25. The number of carbonyl (C=O) groups is 1. The predicted molar refractivity (Wildman–Crippen MR) is 96.9 cm³/mol. The molecule has 3 fully saturated rings. The van der Waals surface area contributed by atoms with Crippen LogP contribution in [0.4, 0.5) is 4.39 Å². The van der Waals surface area contributed by atoms with E-state index in [1.165, 1.54) is 6.07 Å². The van der Waals surface area contributed by atoms with Gasteiger partial charge in [-0.15, -0.1) is 0 Å². The van der Waals surface area contributed by atoms with Gasteiger partial charge in [0.1, 0.15) is 11.6 Å². The molecule has 2 heterocycles. The Kier molecular flexibility index (Phi) is 3.70. The van der Waals surface area contributed by atoms with E-state index in [0.29, 0.717) is 11.3 Å². The van der Waals surface area contributed by atoms with Gasteiger partial charge in [0.25, 0.3) is 5.91 Å². The number of hydrogen-bond donors (Lipinski definition) is 2. The molecular formula is C19H19ClFN3O4. The second-order valence-electron chi connectivity index (χ2n) is 8.01. The molecule has 0 spiro atoms. The Morgan fingerprint density at radius 1 is 1.46 bits per heavy atom. The molecule has 3 aliphatic carbocycles. The minimum atomic E-state index is -0.937. The standard InChI is InChI=1S/C19H19ClFN3O4/c1-27-10-5-22-24(6-10)19-7-18(8-19,9-19)23-17(26)16-4-14(25)11-2-12(20)13(21)3-15(11)28-16/h2-3,5-6,14,16,25H,4,7-9H2,1H3,(H,23,26)/t14-,16+,18?,19?/m1/s1. The molecule has 28 heavy (non-hydrogen) atoms. The maximum atomic E-state index is 13.7. The quantitative estimate of drug-likeness (QED) is 0.812. The van der Waals surface area contributed by atoms with E-state index in [9.17, 15) is 14.3 Å². The highest BCUT2D eigenvalue weighted by atomic mass is 35.5. The minimum Gasteiger partial charge on any atom is -0.493 e. The third-order valence-corrected chi connectivity index (χ3v) is 6.37. The summed E-state index contributed by atoms with van der Waals surface area (Å²) in [5.74, 6) is -0.0898. The molecule has 7 nitrogen and oxygen atoms in total. The molecule has 1 amide bonds. The summed E-state index contributed by atoms with van der Waals surface area (Å²) >= 11 is 5.77. The molecule has 4 aliphatic rings. The minimum absolute atomic E-state index is 0.0660. The van der Waals surface area contributed by atoms with Gasteiger partial charge in [0.15, 0.2) is 11.9 Å². The second kappa shape index (κ2) is 5.84. The monoisotopic (exact) mass is 407 g/mol. The summed E-state index contributed by atoms with van der Waals surface area (Å²) in [6.45, 7) is 0. The molecule has 1 aromatic heterocycles. The molecule has 0 radical (unpaired) electrons. The van der Waals surface area contributed by atoms with E-state index in [1.807, 2.05) is 10.9 Å². The number of hydrogen-bond acceptors (Lipinski definition) is 5. The lowest BCUT2D eigenvalue weighted by Gasteiger charge is -2.70. The van der Waals surface area contributed by atoms with Crippen LogP contribution in [-0.2, 0) is 10.3 Å². The fourth-order valence-electron chi connectivity index (χ4n) is 4.72. The normalized spacial score (nSPS) is 32.4. The van der Waals surface area contributed by atoms with Gasteiger partial charge < -0.3 is 19.9 Å². The molecule has 2 atom stereocenters. The van der Waals surface area contributed by atoms with Crippen LogP contribution in [0.1, 0.15) is 37.4 Å². The summed E-state index contributed by atoms with van der Waals surface area (Å²) in [4.78, 5) is 12.7. The summed E-state index contributed by atoms with van der Waals surface area (Å²) in [6, 6.07) is 2.45. The first-order valence-corrected chi connectivity index (χ1v) is 9.46. The Hall–Kier alpha value is -2.32. The van der Waals surface area contributed by atoms with Crippen LogP contribution >= 0.6 is 11.6 Å². The van der Waals surface area contributed by atoms with Crippen molar-refractivity contribution in [3.63, 3.8) is 0 Å². The van der Waals surface area contributed by atoms with Gasteiger partial charge in [-0.2, -0.15) is 5.10 Å². The molecule has 6 rings (SSSR count). The Morgan fingerprint density at radius 3 is 2.89 bits per heavy atom. The van der Waals surface area contributed by atoms with Crippen molar-refractivity contribution in [2.24, 2.45) is 0 Å². The fraction of sp³-hybridized carbons (Fsp3) is 0.474. The lowest BCUT2D eigenvalue weighted by molar-refractivity contribution is -0.165. The number of benzene rings is 1. The number of aliphatic hydroxyl groups is 1. The van der Waals surface area contributed by atoms with Crippen LogP contribution in [0, 0.1) is 5.82 Å². The highest BCUT2D eigenvalue weighted by molar-refractivity contribution is 6.30. The van der Waals surface area contributed by atoms with Crippen molar-refractivity contribution >= 4 is 17.5 Å². The third kappa shape index (κ3) is 2.51. The van der Waals surface area contributed by atoms with E-state index in [2.05, 4.69) is 10.4 Å². The average molecular weight is 408 g/mol. The van der Waals surface area contributed by atoms with Crippen molar-refractivity contribution < 1.29 is 23.8 Å². The number of carbonyl (C=O) groups excluding carboxylic acids is 1. The maximum absolute atomic E-state index is 13.7. The third-order valence-electron chi connectivity index (χ3n) is 6.08. The molecule has 2 bridgehead atoms. The number of halogens is 2. The van der Waals surface area contributed by atoms with Crippen LogP contribution in [0.2, 0.25) is 5.02 Å². The van der Waals surface area contributed by atoms with Gasteiger partial charge in [0, 0.05) is 23.6 Å². The number of aliphatic hydroxyl groups excluding tert-OH is 1. The first-order valence-electron chi connectivity index (χ1n) is 9.08. The molecule has 2 N–H and O–H groups in total. The zero-order valence-corrected chi connectivity index (χ0v) is 15.9. The van der Waals surface area contributed by atoms with Crippen LogP contribution < -0.4 is 14.8 Å². The Labute approximate surface area is 165 Å². The van der Waals surface area contributed by atoms with E-state index < -0.39 is 18.0 Å². The Morgan fingerprint density at radius 2 is 2.21 bits per heavy atom. The Bertz CT molecular complexity index is 958. The number of nitrogens with one attached hydrogen (secondary N) is 1. The van der Waals surface area contributed by atoms with Crippen molar-refractivity contribution in [1.29, 1.82) is 0 Å².